The van der Waals surface area contributed by atoms with Gasteiger partial charge in [0.15, 0.2) is 5.96 Å². The van der Waals surface area contributed by atoms with Crippen LogP contribution in [-0.4, -0.2) is 22.3 Å². The van der Waals surface area contributed by atoms with Crippen molar-refractivity contribution in [1.29, 1.82) is 0 Å². The van der Waals surface area contributed by atoms with Crippen molar-refractivity contribution in [3.8, 4) is 5.69 Å². The molecule has 3 aromatic rings. The lowest BCUT2D eigenvalue weighted by Crippen LogP contribution is -2.23. The molecule has 6 heteroatoms. The zero-order chi connectivity index (χ0) is 15.9. The quantitative estimate of drug-likeness (QED) is 0.368. The average molecular weight is 433 g/mol. The molecule has 0 amide bonds. The molecule has 0 unspecified atom stereocenters. The van der Waals surface area contributed by atoms with Crippen molar-refractivity contribution in [2.24, 2.45) is 10.7 Å². The van der Waals surface area contributed by atoms with Crippen molar-refractivity contribution in [3.63, 3.8) is 0 Å². The van der Waals surface area contributed by atoms with Gasteiger partial charge < -0.3 is 11.1 Å². The number of nitrogens with one attached hydrogen (secondary N) is 1. The number of rotatable bonds is 5. The lowest BCUT2D eigenvalue weighted by atomic mass is 10.1. The highest BCUT2D eigenvalue weighted by molar-refractivity contribution is 14.0. The SMILES string of the molecule is I.NC(=NCCc1ccc(-n2cccn2)cc1)Nc1ccccc1. The van der Waals surface area contributed by atoms with Crippen LogP contribution in [0.3, 0.4) is 0 Å². The molecule has 1 heterocycles. The van der Waals surface area contributed by atoms with Crippen LogP contribution in [0.5, 0.6) is 0 Å². The van der Waals surface area contributed by atoms with Crippen molar-refractivity contribution in [1.82, 2.24) is 9.78 Å². The summed E-state index contributed by atoms with van der Waals surface area (Å²) < 4.78 is 1.84. The summed E-state index contributed by atoms with van der Waals surface area (Å²) in [7, 11) is 0. The van der Waals surface area contributed by atoms with Gasteiger partial charge >= 0.3 is 0 Å². The Kier molecular flexibility index (Phi) is 6.80. The monoisotopic (exact) mass is 433 g/mol. The van der Waals surface area contributed by atoms with Crippen LogP contribution < -0.4 is 11.1 Å². The first-order chi connectivity index (χ1) is 11.3. The highest BCUT2D eigenvalue weighted by Crippen LogP contribution is 2.09. The third-order valence-electron chi connectivity index (χ3n) is 3.43. The van der Waals surface area contributed by atoms with E-state index in [9.17, 15) is 0 Å². The fourth-order valence-electron chi connectivity index (χ4n) is 2.25. The summed E-state index contributed by atoms with van der Waals surface area (Å²) >= 11 is 0. The molecule has 0 saturated heterocycles. The predicted octanol–water partition coefficient (Wildman–Crippen LogP) is 3.46. The fourth-order valence-corrected chi connectivity index (χ4v) is 2.25. The van der Waals surface area contributed by atoms with Gasteiger partial charge in [-0.1, -0.05) is 30.3 Å². The predicted molar refractivity (Wildman–Crippen MR) is 109 cm³/mol. The van der Waals surface area contributed by atoms with E-state index in [-0.39, 0.29) is 24.0 Å². The molecule has 124 valence electrons. The van der Waals surface area contributed by atoms with E-state index in [1.165, 1.54) is 5.56 Å². The third kappa shape index (κ3) is 5.09. The van der Waals surface area contributed by atoms with Crippen molar-refractivity contribution in [2.45, 2.75) is 6.42 Å². The normalized spacial score (nSPS) is 10.9. The maximum atomic E-state index is 5.89. The third-order valence-corrected chi connectivity index (χ3v) is 3.43. The lowest BCUT2D eigenvalue weighted by Gasteiger charge is -2.06. The first kappa shape index (κ1) is 18.0. The Morgan fingerprint density at radius 2 is 1.79 bits per heavy atom. The van der Waals surface area contributed by atoms with Crippen LogP contribution >= 0.6 is 24.0 Å². The molecule has 3 N–H and O–H groups in total. The minimum atomic E-state index is 0. The molecular weight excluding hydrogens is 413 g/mol. The molecule has 0 aliphatic carbocycles. The van der Waals surface area contributed by atoms with E-state index in [0.717, 1.165) is 17.8 Å². The van der Waals surface area contributed by atoms with Crippen LogP contribution in [-0.2, 0) is 6.42 Å². The number of nitrogens with zero attached hydrogens (tertiary/aromatic N) is 3. The number of benzene rings is 2. The molecule has 0 aliphatic rings. The molecule has 0 radical (unpaired) electrons. The van der Waals surface area contributed by atoms with Gasteiger partial charge in [0.25, 0.3) is 0 Å². The Hall–Kier alpha value is -2.35. The van der Waals surface area contributed by atoms with Gasteiger partial charge in [0, 0.05) is 24.6 Å². The van der Waals surface area contributed by atoms with Gasteiger partial charge in [-0.3, -0.25) is 4.99 Å². The summed E-state index contributed by atoms with van der Waals surface area (Å²) in [5.41, 5.74) is 9.10. The molecule has 0 spiro atoms. The largest absolute Gasteiger partial charge is 0.370 e. The number of hydrogen-bond acceptors (Lipinski definition) is 2. The van der Waals surface area contributed by atoms with E-state index in [1.54, 1.807) is 6.20 Å². The minimum Gasteiger partial charge on any atom is -0.370 e. The van der Waals surface area contributed by atoms with Crippen molar-refractivity contribution in [2.75, 3.05) is 11.9 Å². The van der Waals surface area contributed by atoms with Gasteiger partial charge in [-0.2, -0.15) is 5.10 Å². The summed E-state index contributed by atoms with van der Waals surface area (Å²) in [6.45, 7) is 0.646. The highest BCUT2D eigenvalue weighted by atomic mass is 127. The van der Waals surface area contributed by atoms with E-state index in [1.807, 2.05) is 47.3 Å². The van der Waals surface area contributed by atoms with Gasteiger partial charge in [-0.25, -0.2) is 4.68 Å². The van der Waals surface area contributed by atoms with Crippen LogP contribution in [0.2, 0.25) is 0 Å². The molecule has 1 aromatic heterocycles. The Balaban J connectivity index is 0.00000208. The minimum absolute atomic E-state index is 0. The van der Waals surface area contributed by atoms with Crippen molar-refractivity contribution < 1.29 is 0 Å². The van der Waals surface area contributed by atoms with Gasteiger partial charge in [-0.05, 0) is 42.3 Å². The molecule has 0 fully saturated rings. The first-order valence-corrected chi connectivity index (χ1v) is 7.52. The van der Waals surface area contributed by atoms with E-state index >= 15 is 0 Å². The zero-order valence-electron chi connectivity index (χ0n) is 13.2. The highest BCUT2D eigenvalue weighted by Gasteiger charge is 1.98. The molecule has 0 bridgehead atoms. The van der Waals surface area contributed by atoms with Crippen molar-refractivity contribution >= 4 is 35.6 Å². The molecule has 2 aromatic carbocycles. The average Bonchev–Trinajstić information content (AvgIpc) is 3.11. The smallest absolute Gasteiger partial charge is 0.193 e. The molecule has 3 rings (SSSR count). The second-order valence-corrected chi connectivity index (χ2v) is 5.13. The second kappa shape index (κ2) is 9.07. The Labute approximate surface area is 158 Å². The van der Waals surface area contributed by atoms with Crippen LogP contribution in [0.4, 0.5) is 5.69 Å². The number of para-hydroxylation sites is 1. The van der Waals surface area contributed by atoms with Gasteiger partial charge in [0.2, 0.25) is 0 Å². The molecule has 24 heavy (non-hydrogen) atoms. The number of anilines is 1. The topological polar surface area (TPSA) is 68.2 Å². The lowest BCUT2D eigenvalue weighted by molar-refractivity contribution is 0.877. The Bertz CT molecular complexity index is 752. The molecule has 5 nitrogen and oxygen atoms in total. The molecule has 0 atom stereocenters. The zero-order valence-corrected chi connectivity index (χ0v) is 15.5. The number of aliphatic imine (C=N–C) groups is 1. The Morgan fingerprint density at radius 1 is 1.04 bits per heavy atom. The summed E-state index contributed by atoms with van der Waals surface area (Å²) in [6, 6.07) is 20.0. The fraction of sp³-hybridized carbons (Fsp3) is 0.111. The molecule has 0 aliphatic heterocycles. The maximum absolute atomic E-state index is 5.89. The number of aromatic nitrogens is 2. The van der Waals surface area contributed by atoms with E-state index in [4.69, 9.17) is 5.73 Å². The maximum Gasteiger partial charge on any atom is 0.193 e. The van der Waals surface area contributed by atoms with E-state index in [2.05, 4.69) is 39.7 Å². The summed E-state index contributed by atoms with van der Waals surface area (Å²) in [4.78, 5) is 4.35. The molecular formula is C18H20IN5. The van der Waals surface area contributed by atoms with Crippen molar-refractivity contribution in [3.05, 3.63) is 78.6 Å². The number of hydrogen-bond donors (Lipinski definition) is 2. The standard InChI is InChI=1S/C18H19N5.HI/c19-18(22-16-5-2-1-3-6-16)20-13-11-15-7-9-17(10-8-15)23-14-4-12-21-23;/h1-10,12,14H,11,13H2,(H3,19,20,22);1H. The van der Waals surface area contributed by atoms with Crippen LogP contribution in [0, 0.1) is 0 Å². The first-order valence-electron chi connectivity index (χ1n) is 7.52. The Morgan fingerprint density at radius 3 is 2.46 bits per heavy atom. The summed E-state index contributed by atoms with van der Waals surface area (Å²) in [5, 5.41) is 7.28. The van der Waals surface area contributed by atoms with Crippen LogP contribution in [0.15, 0.2) is 78.0 Å². The number of halogens is 1. The second-order valence-electron chi connectivity index (χ2n) is 5.13. The number of guanidine groups is 1. The number of nitrogens with two attached hydrogens (primary N) is 1. The van der Waals surface area contributed by atoms with E-state index in [0.29, 0.717) is 12.5 Å². The van der Waals surface area contributed by atoms with Crippen LogP contribution in [0.1, 0.15) is 5.56 Å². The summed E-state index contributed by atoms with van der Waals surface area (Å²) in [5.74, 6) is 0.435. The van der Waals surface area contributed by atoms with Gasteiger partial charge in [-0.15, -0.1) is 24.0 Å². The van der Waals surface area contributed by atoms with Crippen LogP contribution in [0.25, 0.3) is 5.69 Å². The van der Waals surface area contributed by atoms with E-state index < -0.39 is 0 Å². The molecule has 0 saturated carbocycles. The summed E-state index contributed by atoms with van der Waals surface area (Å²) in [6.07, 6.45) is 4.54. The van der Waals surface area contributed by atoms with Gasteiger partial charge in [0.05, 0.1) is 5.69 Å². The van der Waals surface area contributed by atoms with Gasteiger partial charge in [0.1, 0.15) is 0 Å².